The molecule has 0 saturated heterocycles. The van der Waals surface area contributed by atoms with Crippen LogP contribution in [-0.2, 0) is 14.8 Å². The number of H-pyrrole nitrogens is 1. The van der Waals surface area contributed by atoms with Crippen molar-refractivity contribution in [2.24, 2.45) is 0 Å². The lowest BCUT2D eigenvalue weighted by molar-refractivity contribution is -0.138. The minimum Gasteiger partial charge on any atom is -0.480 e. The number of terminal acetylenes is 1. The molecule has 1 heterocycles. The molecule has 1 atom stereocenters. The summed E-state index contributed by atoms with van der Waals surface area (Å²) in [5.74, 6) is 0.751. The molecule has 0 aliphatic carbocycles. The smallest absolute Gasteiger partial charge is 0.322 e. The fourth-order valence-electron chi connectivity index (χ4n) is 0.941. The number of carboxylic acid groups (broad SMARTS) is 1. The van der Waals surface area contributed by atoms with Crippen LogP contribution in [0.1, 0.15) is 6.42 Å². The van der Waals surface area contributed by atoms with E-state index in [4.69, 9.17) is 11.5 Å². The van der Waals surface area contributed by atoms with Crippen molar-refractivity contribution >= 4 is 16.0 Å². The van der Waals surface area contributed by atoms with Crippen LogP contribution >= 0.6 is 0 Å². The number of sulfonamides is 1. The van der Waals surface area contributed by atoms with Crippen molar-refractivity contribution in [1.82, 2.24) is 14.9 Å². The Morgan fingerprint density at radius 1 is 1.75 bits per heavy atom. The van der Waals surface area contributed by atoms with Gasteiger partial charge >= 0.3 is 5.97 Å². The number of hydrogen-bond donors (Lipinski definition) is 3. The Morgan fingerprint density at radius 3 is 2.88 bits per heavy atom. The van der Waals surface area contributed by atoms with Crippen molar-refractivity contribution in [2.45, 2.75) is 17.5 Å². The first-order chi connectivity index (χ1) is 7.47. The van der Waals surface area contributed by atoms with Crippen molar-refractivity contribution in [3.05, 3.63) is 12.3 Å². The molecular weight excluding hydrogens is 234 g/mol. The second-order valence-electron chi connectivity index (χ2n) is 2.84. The van der Waals surface area contributed by atoms with Gasteiger partial charge in [-0.05, 0) is 6.07 Å². The predicted molar refractivity (Wildman–Crippen MR) is 53.8 cm³/mol. The lowest BCUT2D eigenvalue weighted by atomic mass is 10.2. The van der Waals surface area contributed by atoms with Crippen LogP contribution < -0.4 is 4.72 Å². The maximum Gasteiger partial charge on any atom is 0.322 e. The number of nitrogens with one attached hydrogen (secondary N) is 2. The summed E-state index contributed by atoms with van der Waals surface area (Å²) in [6.45, 7) is 0. The Balaban J connectivity index is 2.88. The van der Waals surface area contributed by atoms with Crippen LogP contribution in [0, 0.1) is 12.3 Å². The Kier molecular flexibility index (Phi) is 3.65. The molecule has 0 radical (unpaired) electrons. The molecule has 7 nitrogen and oxygen atoms in total. The summed E-state index contributed by atoms with van der Waals surface area (Å²) in [6.07, 6.45) is 5.94. The third kappa shape index (κ3) is 2.82. The first kappa shape index (κ1) is 12.2. The van der Waals surface area contributed by atoms with Gasteiger partial charge in [0.25, 0.3) is 10.0 Å². The third-order valence-corrected chi connectivity index (χ3v) is 3.08. The number of hydrogen-bond acceptors (Lipinski definition) is 4. The van der Waals surface area contributed by atoms with Gasteiger partial charge in [0, 0.05) is 6.42 Å². The molecule has 0 aromatic carbocycles. The fourth-order valence-corrected chi connectivity index (χ4v) is 2.04. The maximum atomic E-state index is 11.6. The largest absolute Gasteiger partial charge is 0.480 e. The third-order valence-electron chi connectivity index (χ3n) is 1.68. The molecule has 1 aromatic heterocycles. The molecule has 0 aliphatic rings. The monoisotopic (exact) mass is 243 g/mol. The predicted octanol–water partition coefficient (Wildman–Crippen LogP) is -0.835. The Bertz CT molecular complexity index is 500. The molecule has 0 spiro atoms. The highest BCUT2D eigenvalue weighted by molar-refractivity contribution is 7.89. The summed E-state index contributed by atoms with van der Waals surface area (Å²) in [5, 5.41) is 14.2. The minimum atomic E-state index is -3.93. The second-order valence-corrected chi connectivity index (χ2v) is 4.52. The van der Waals surface area contributed by atoms with Gasteiger partial charge in [0.15, 0.2) is 5.03 Å². The number of aromatic amines is 1. The normalized spacial score (nSPS) is 12.9. The molecule has 16 heavy (non-hydrogen) atoms. The maximum absolute atomic E-state index is 11.6. The van der Waals surface area contributed by atoms with E-state index >= 15 is 0 Å². The summed E-state index contributed by atoms with van der Waals surface area (Å²) < 4.78 is 25.1. The lowest BCUT2D eigenvalue weighted by Crippen LogP contribution is -2.40. The van der Waals surface area contributed by atoms with E-state index in [2.05, 4.69) is 16.1 Å². The number of aromatic nitrogens is 2. The number of carboxylic acids is 1. The molecular formula is C8H9N3O4S. The molecule has 0 bridgehead atoms. The van der Waals surface area contributed by atoms with E-state index in [1.54, 1.807) is 0 Å². The molecule has 3 N–H and O–H groups in total. The topological polar surface area (TPSA) is 112 Å². The van der Waals surface area contributed by atoms with E-state index in [0.29, 0.717) is 0 Å². The van der Waals surface area contributed by atoms with Crippen molar-refractivity contribution in [3.63, 3.8) is 0 Å². The Morgan fingerprint density at radius 2 is 2.44 bits per heavy atom. The van der Waals surface area contributed by atoms with E-state index in [0.717, 1.165) is 0 Å². The molecule has 0 amide bonds. The molecule has 86 valence electrons. The highest BCUT2D eigenvalue weighted by Gasteiger charge is 2.25. The first-order valence-electron chi connectivity index (χ1n) is 4.15. The fraction of sp³-hybridized carbons (Fsp3) is 0.250. The molecule has 0 aliphatic heterocycles. The van der Waals surface area contributed by atoms with Crippen LogP contribution in [0.5, 0.6) is 0 Å². The molecule has 1 rings (SSSR count). The highest BCUT2D eigenvalue weighted by atomic mass is 32.2. The van der Waals surface area contributed by atoms with Gasteiger partial charge in [-0.2, -0.15) is 9.82 Å². The summed E-state index contributed by atoms with van der Waals surface area (Å²) in [6, 6.07) is -0.143. The molecule has 0 fully saturated rings. The zero-order chi connectivity index (χ0) is 12.2. The van der Waals surface area contributed by atoms with Crippen molar-refractivity contribution in [2.75, 3.05) is 0 Å². The first-order valence-corrected chi connectivity index (χ1v) is 5.63. The van der Waals surface area contributed by atoms with Crippen LogP contribution in [0.25, 0.3) is 0 Å². The summed E-state index contributed by atoms with van der Waals surface area (Å²) in [5.41, 5.74) is 0. The standard InChI is InChI=1S/C8H9N3O4S/c1-2-3-6(8(12)13)11-16(14,15)7-4-5-9-10-7/h1,4-6,11H,3H2,(H,9,10)(H,12,13). The van der Waals surface area contributed by atoms with Crippen molar-refractivity contribution in [1.29, 1.82) is 0 Å². The Labute approximate surface area is 91.9 Å². The van der Waals surface area contributed by atoms with Gasteiger partial charge in [0.1, 0.15) is 6.04 Å². The van der Waals surface area contributed by atoms with Gasteiger partial charge in [0.05, 0.1) is 6.20 Å². The van der Waals surface area contributed by atoms with E-state index in [9.17, 15) is 13.2 Å². The summed E-state index contributed by atoms with van der Waals surface area (Å²) in [7, 11) is -3.93. The van der Waals surface area contributed by atoms with Crippen LogP contribution in [0.2, 0.25) is 0 Å². The van der Waals surface area contributed by atoms with Crippen molar-refractivity contribution < 1.29 is 18.3 Å². The van der Waals surface area contributed by atoms with Crippen LogP contribution in [0.4, 0.5) is 0 Å². The SMILES string of the molecule is C#CCC(NS(=O)(=O)c1ccn[nH]1)C(=O)O. The molecule has 1 unspecified atom stereocenters. The number of nitrogens with zero attached hydrogens (tertiary/aromatic N) is 1. The number of rotatable bonds is 5. The zero-order valence-corrected chi connectivity index (χ0v) is 8.86. The summed E-state index contributed by atoms with van der Waals surface area (Å²) >= 11 is 0. The zero-order valence-electron chi connectivity index (χ0n) is 8.04. The second kappa shape index (κ2) is 4.78. The highest BCUT2D eigenvalue weighted by Crippen LogP contribution is 2.05. The van der Waals surface area contributed by atoms with E-state index in [-0.39, 0.29) is 11.4 Å². The average Bonchev–Trinajstić information content (AvgIpc) is 2.69. The lowest BCUT2D eigenvalue weighted by Gasteiger charge is -2.10. The van der Waals surface area contributed by atoms with Gasteiger partial charge in [-0.15, -0.1) is 12.3 Å². The van der Waals surface area contributed by atoms with Crippen LogP contribution in [-0.4, -0.2) is 35.7 Å². The van der Waals surface area contributed by atoms with Gasteiger partial charge in [-0.25, -0.2) is 8.42 Å². The number of carbonyl (C=O) groups is 1. The van der Waals surface area contributed by atoms with Gasteiger partial charge < -0.3 is 5.11 Å². The molecule has 1 aromatic rings. The molecule has 8 heteroatoms. The van der Waals surface area contributed by atoms with E-state index < -0.39 is 22.0 Å². The average molecular weight is 243 g/mol. The quantitative estimate of drug-likeness (QED) is 0.584. The van der Waals surface area contributed by atoms with Gasteiger partial charge in [-0.1, -0.05) is 0 Å². The van der Waals surface area contributed by atoms with Gasteiger partial charge in [-0.3, -0.25) is 9.89 Å². The van der Waals surface area contributed by atoms with E-state index in [1.807, 2.05) is 4.72 Å². The Hall–Kier alpha value is -1.85. The summed E-state index contributed by atoms with van der Waals surface area (Å²) in [4.78, 5) is 10.7. The van der Waals surface area contributed by atoms with Gasteiger partial charge in [0.2, 0.25) is 0 Å². The van der Waals surface area contributed by atoms with Crippen LogP contribution in [0.15, 0.2) is 17.3 Å². The number of aliphatic carboxylic acids is 1. The van der Waals surface area contributed by atoms with Crippen LogP contribution in [0.3, 0.4) is 0 Å². The van der Waals surface area contributed by atoms with Crippen molar-refractivity contribution in [3.8, 4) is 12.3 Å². The molecule has 0 saturated carbocycles. The minimum absolute atomic E-state index is 0.212. The van der Waals surface area contributed by atoms with E-state index in [1.165, 1.54) is 12.3 Å².